The van der Waals surface area contributed by atoms with Crippen LogP contribution in [0.25, 0.3) is 11.1 Å². The van der Waals surface area contributed by atoms with Crippen LogP contribution in [0.2, 0.25) is 0 Å². The minimum absolute atomic E-state index is 0.603. The van der Waals surface area contributed by atoms with Crippen LogP contribution in [0.3, 0.4) is 0 Å². The van der Waals surface area contributed by atoms with E-state index >= 15 is 0 Å². The first kappa shape index (κ1) is 11.0. The highest BCUT2D eigenvalue weighted by molar-refractivity contribution is 7.98. The third-order valence-corrected chi connectivity index (χ3v) is 3.94. The lowest BCUT2D eigenvalue weighted by Crippen LogP contribution is -1.82. The standard InChI is InChI=1S/C13H12N4OS/c1-2-4-10-9(3-1)14-11(18-10)7-19-13-15-12(16-17-13)8-5-6-8/h1-4,8H,5-7H2,(H,15,16,17). The molecule has 0 radical (unpaired) electrons. The number of rotatable bonds is 4. The third-order valence-electron chi connectivity index (χ3n) is 3.11. The van der Waals surface area contributed by atoms with E-state index in [0.29, 0.717) is 17.6 Å². The fourth-order valence-electron chi connectivity index (χ4n) is 1.97. The Bertz CT molecular complexity index is 683. The average Bonchev–Trinajstić information content (AvgIpc) is 3.03. The number of hydrogen-bond acceptors (Lipinski definition) is 5. The number of aromatic nitrogens is 4. The third kappa shape index (κ3) is 2.23. The second-order valence-corrected chi connectivity index (χ2v) is 5.58. The molecule has 2 heterocycles. The maximum atomic E-state index is 5.66. The number of aromatic amines is 1. The van der Waals surface area contributed by atoms with Gasteiger partial charge in [0.2, 0.25) is 11.0 Å². The number of nitrogens with zero attached hydrogens (tertiary/aromatic N) is 3. The summed E-state index contributed by atoms with van der Waals surface area (Å²) in [5.41, 5.74) is 1.72. The van der Waals surface area contributed by atoms with Crippen LogP contribution in [0, 0.1) is 0 Å². The van der Waals surface area contributed by atoms with Crippen LogP contribution in [0.4, 0.5) is 0 Å². The molecular formula is C13H12N4OS. The molecule has 1 saturated carbocycles. The molecule has 1 fully saturated rings. The summed E-state index contributed by atoms with van der Waals surface area (Å²) >= 11 is 1.55. The molecule has 1 aliphatic rings. The first-order valence-corrected chi connectivity index (χ1v) is 7.26. The van der Waals surface area contributed by atoms with Crippen LogP contribution in [0.1, 0.15) is 30.5 Å². The molecule has 4 rings (SSSR count). The average molecular weight is 272 g/mol. The summed E-state index contributed by atoms with van der Waals surface area (Å²) in [6, 6.07) is 7.78. The first-order valence-electron chi connectivity index (χ1n) is 6.28. The number of para-hydroxylation sites is 2. The molecule has 0 saturated heterocycles. The molecule has 5 nitrogen and oxygen atoms in total. The second kappa shape index (κ2) is 4.38. The zero-order valence-corrected chi connectivity index (χ0v) is 11.0. The van der Waals surface area contributed by atoms with Crippen molar-refractivity contribution < 1.29 is 4.42 Å². The summed E-state index contributed by atoms with van der Waals surface area (Å²) in [5, 5.41) is 7.97. The van der Waals surface area contributed by atoms with Crippen LogP contribution in [0.5, 0.6) is 0 Å². The number of oxazole rings is 1. The van der Waals surface area contributed by atoms with Gasteiger partial charge in [0.05, 0.1) is 5.75 Å². The van der Waals surface area contributed by atoms with Gasteiger partial charge in [0, 0.05) is 5.92 Å². The fourth-order valence-corrected chi connectivity index (χ4v) is 2.62. The minimum atomic E-state index is 0.603. The molecule has 1 aromatic carbocycles. The molecule has 96 valence electrons. The lowest BCUT2D eigenvalue weighted by molar-refractivity contribution is 0.556. The SMILES string of the molecule is c1ccc2oc(CSc3n[nH]c(C4CC4)n3)nc2c1. The van der Waals surface area contributed by atoms with Gasteiger partial charge in [-0.1, -0.05) is 23.9 Å². The van der Waals surface area contributed by atoms with E-state index in [1.54, 1.807) is 11.8 Å². The number of thioether (sulfide) groups is 1. The molecule has 0 bridgehead atoms. The number of benzene rings is 1. The number of nitrogens with one attached hydrogen (secondary N) is 1. The Balaban J connectivity index is 1.48. The van der Waals surface area contributed by atoms with Gasteiger partial charge in [-0.3, -0.25) is 5.10 Å². The molecule has 0 spiro atoms. The van der Waals surface area contributed by atoms with Gasteiger partial charge in [-0.05, 0) is 25.0 Å². The zero-order chi connectivity index (χ0) is 12.7. The Morgan fingerprint density at radius 3 is 3.00 bits per heavy atom. The molecule has 6 heteroatoms. The maximum absolute atomic E-state index is 5.66. The van der Waals surface area contributed by atoms with Crippen LogP contribution < -0.4 is 0 Å². The molecule has 0 unspecified atom stereocenters. The van der Waals surface area contributed by atoms with Gasteiger partial charge < -0.3 is 4.42 Å². The maximum Gasteiger partial charge on any atom is 0.208 e. The quantitative estimate of drug-likeness (QED) is 0.739. The van der Waals surface area contributed by atoms with Gasteiger partial charge in [0.1, 0.15) is 11.3 Å². The highest BCUT2D eigenvalue weighted by atomic mass is 32.2. The van der Waals surface area contributed by atoms with E-state index < -0.39 is 0 Å². The molecule has 1 N–H and O–H groups in total. The Morgan fingerprint density at radius 1 is 1.26 bits per heavy atom. The lowest BCUT2D eigenvalue weighted by Gasteiger charge is -1.90. The van der Waals surface area contributed by atoms with Crippen LogP contribution >= 0.6 is 11.8 Å². The Morgan fingerprint density at radius 2 is 2.16 bits per heavy atom. The van der Waals surface area contributed by atoms with Crippen molar-refractivity contribution in [2.75, 3.05) is 0 Å². The second-order valence-electron chi connectivity index (χ2n) is 4.64. The van der Waals surface area contributed by atoms with Crippen LogP contribution in [-0.4, -0.2) is 20.2 Å². The van der Waals surface area contributed by atoms with Gasteiger partial charge in [-0.2, -0.15) is 0 Å². The van der Waals surface area contributed by atoms with Gasteiger partial charge in [-0.25, -0.2) is 9.97 Å². The smallest absolute Gasteiger partial charge is 0.208 e. The van der Waals surface area contributed by atoms with Crippen LogP contribution in [-0.2, 0) is 5.75 Å². The fraction of sp³-hybridized carbons (Fsp3) is 0.308. The van der Waals surface area contributed by atoms with Crippen molar-refractivity contribution in [1.82, 2.24) is 20.2 Å². The van der Waals surface area contributed by atoms with Crippen molar-refractivity contribution in [1.29, 1.82) is 0 Å². The van der Waals surface area contributed by atoms with Gasteiger partial charge in [0.25, 0.3) is 0 Å². The van der Waals surface area contributed by atoms with E-state index in [0.717, 1.165) is 22.1 Å². The van der Waals surface area contributed by atoms with E-state index in [1.807, 2.05) is 24.3 Å². The number of H-pyrrole nitrogens is 1. The van der Waals surface area contributed by atoms with E-state index in [-0.39, 0.29) is 0 Å². The Kier molecular flexibility index (Phi) is 2.55. The van der Waals surface area contributed by atoms with Crippen molar-refractivity contribution in [3.8, 4) is 0 Å². The van der Waals surface area contributed by atoms with E-state index in [4.69, 9.17) is 4.42 Å². The summed E-state index contributed by atoms with van der Waals surface area (Å²) in [6.45, 7) is 0. The number of hydrogen-bond donors (Lipinski definition) is 1. The molecule has 2 aromatic heterocycles. The monoisotopic (exact) mass is 272 g/mol. The molecule has 19 heavy (non-hydrogen) atoms. The summed E-state index contributed by atoms with van der Waals surface area (Å²) in [4.78, 5) is 8.90. The normalized spacial score (nSPS) is 15.2. The largest absolute Gasteiger partial charge is 0.440 e. The molecule has 0 atom stereocenters. The van der Waals surface area contributed by atoms with Crippen molar-refractivity contribution in [2.24, 2.45) is 0 Å². The van der Waals surface area contributed by atoms with E-state index in [1.165, 1.54) is 12.8 Å². The molecule has 3 aromatic rings. The molecule has 0 aliphatic heterocycles. The topological polar surface area (TPSA) is 67.6 Å². The van der Waals surface area contributed by atoms with Gasteiger partial charge in [0.15, 0.2) is 5.58 Å². The highest BCUT2D eigenvalue weighted by Gasteiger charge is 2.27. The highest BCUT2D eigenvalue weighted by Crippen LogP contribution is 2.38. The molecule has 0 amide bonds. The lowest BCUT2D eigenvalue weighted by atomic mass is 10.3. The predicted octanol–water partition coefficient (Wildman–Crippen LogP) is 3.12. The first-order chi connectivity index (χ1) is 9.38. The van der Waals surface area contributed by atoms with Gasteiger partial charge >= 0.3 is 0 Å². The van der Waals surface area contributed by atoms with Crippen molar-refractivity contribution >= 4 is 22.9 Å². The Hall–Kier alpha value is -1.82. The molecular weight excluding hydrogens is 260 g/mol. The summed E-state index contributed by atoms with van der Waals surface area (Å²) < 4.78 is 5.66. The minimum Gasteiger partial charge on any atom is -0.440 e. The van der Waals surface area contributed by atoms with Gasteiger partial charge in [-0.15, -0.1) is 5.10 Å². The predicted molar refractivity (Wildman–Crippen MR) is 71.9 cm³/mol. The van der Waals surface area contributed by atoms with Crippen molar-refractivity contribution in [3.05, 3.63) is 36.0 Å². The summed E-state index contributed by atoms with van der Waals surface area (Å²) in [6.07, 6.45) is 2.45. The van der Waals surface area contributed by atoms with E-state index in [2.05, 4.69) is 20.2 Å². The zero-order valence-electron chi connectivity index (χ0n) is 10.2. The van der Waals surface area contributed by atoms with Crippen molar-refractivity contribution in [2.45, 2.75) is 29.7 Å². The molecule has 1 aliphatic carbocycles. The number of fused-ring (bicyclic) bond motifs is 1. The summed E-state index contributed by atoms with van der Waals surface area (Å²) in [5.74, 6) is 2.98. The van der Waals surface area contributed by atoms with Crippen LogP contribution in [0.15, 0.2) is 33.8 Å². The van der Waals surface area contributed by atoms with Crippen molar-refractivity contribution in [3.63, 3.8) is 0 Å². The van der Waals surface area contributed by atoms with E-state index in [9.17, 15) is 0 Å². The Labute approximate surface area is 113 Å². The summed E-state index contributed by atoms with van der Waals surface area (Å²) in [7, 11) is 0.